The molecule has 0 spiro atoms. The molecule has 0 bridgehead atoms. The van der Waals surface area contributed by atoms with Crippen molar-refractivity contribution in [2.75, 3.05) is 31.2 Å². The average molecular weight is 257 g/mol. The lowest BCUT2D eigenvalue weighted by Crippen LogP contribution is -2.36. The highest BCUT2D eigenvalue weighted by molar-refractivity contribution is 5.58. The molecule has 1 aromatic carbocycles. The van der Waals surface area contributed by atoms with Crippen molar-refractivity contribution in [2.24, 2.45) is 0 Å². The summed E-state index contributed by atoms with van der Waals surface area (Å²) in [6.07, 6.45) is 1.80. The van der Waals surface area contributed by atoms with E-state index in [2.05, 4.69) is 21.6 Å². The molecule has 2 heterocycles. The molecule has 0 N–H and O–H groups in total. The van der Waals surface area contributed by atoms with Crippen molar-refractivity contribution >= 4 is 12.0 Å². The molecule has 5 nitrogen and oxygen atoms in total. The first-order valence-electron chi connectivity index (χ1n) is 6.26. The fourth-order valence-corrected chi connectivity index (χ4v) is 1.99. The second-order valence-corrected chi connectivity index (χ2v) is 4.33. The van der Waals surface area contributed by atoms with Gasteiger partial charge in [0, 0.05) is 18.7 Å². The van der Waals surface area contributed by atoms with E-state index < -0.39 is 0 Å². The predicted molar refractivity (Wildman–Crippen MR) is 72.9 cm³/mol. The van der Waals surface area contributed by atoms with Gasteiger partial charge in [-0.2, -0.15) is 4.98 Å². The maximum Gasteiger partial charge on any atom is 0.266 e. The Morgan fingerprint density at radius 1 is 1.16 bits per heavy atom. The van der Waals surface area contributed by atoms with Crippen LogP contribution in [0, 0.1) is 0 Å². The number of hydrogen-bond donors (Lipinski definition) is 0. The molecule has 1 aromatic heterocycles. The molecule has 1 fully saturated rings. The van der Waals surface area contributed by atoms with Gasteiger partial charge in [0.1, 0.15) is 0 Å². The quantitative estimate of drug-likeness (QED) is 0.843. The minimum absolute atomic E-state index is 0.539. The molecule has 0 aliphatic carbocycles. The van der Waals surface area contributed by atoms with Crippen LogP contribution in [0.4, 0.5) is 5.95 Å². The van der Waals surface area contributed by atoms with Crippen molar-refractivity contribution in [1.29, 1.82) is 0 Å². The molecule has 0 amide bonds. The Bertz CT molecular complexity index is 556. The molecular formula is C14H15N3O2. The van der Waals surface area contributed by atoms with Crippen molar-refractivity contribution in [3.8, 4) is 11.5 Å². The highest BCUT2D eigenvalue weighted by Crippen LogP contribution is 2.21. The number of hydrogen-bond acceptors (Lipinski definition) is 5. The number of ether oxygens (including phenoxy) is 1. The van der Waals surface area contributed by atoms with Crippen LogP contribution in [0.15, 0.2) is 35.4 Å². The Labute approximate surface area is 111 Å². The second-order valence-electron chi connectivity index (χ2n) is 4.33. The van der Waals surface area contributed by atoms with E-state index >= 15 is 0 Å². The summed E-state index contributed by atoms with van der Waals surface area (Å²) in [6, 6.07) is 7.85. The molecular weight excluding hydrogens is 242 g/mol. The highest BCUT2D eigenvalue weighted by atomic mass is 16.5. The topological polar surface area (TPSA) is 51.4 Å². The number of rotatable bonds is 3. The number of aromatic nitrogens is 2. The zero-order valence-electron chi connectivity index (χ0n) is 10.6. The Morgan fingerprint density at radius 2 is 1.89 bits per heavy atom. The van der Waals surface area contributed by atoms with Gasteiger partial charge in [0.25, 0.3) is 11.8 Å². The van der Waals surface area contributed by atoms with Crippen molar-refractivity contribution in [2.45, 2.75) is 0 Å². The number of morpholine rings is 1. The van der Waals surface area contributed by atoms with Gasteiger partial charge in [0.05, 0.1) is 13.2 Å². The van der Waals surface area contributed by atoms with E-state index in [0.717, 1.165) is 24.2 Å². The van der Waals surface area contributed by atoms with Gasteiger partial charge in [-0.15, -0.1) is 0 Å². The summed E-state index contributed by atoms with van der Waals surface area (Å²) < 4.78 is 10.6. The molecule has 1 saturated heterocycles. The van der Waals surface area contributed by atoms with E-state index in [1.54, 1.807) is 6.08 Å². The lowest BCUT2D eigenvalue weighted by molar-refractivity contribution is 0.121. The average Bonchev–Trinajstić information content (AvgIpc) is 2.98. The zero-order chi connectivity index (χ0) is 13.1. The summed E-state index contributed by atoms with van der Waals surface area (Å²) in [5, 5.41) is 4.02. The van der Waals surface area contributed by atoms with Crippen molar-refractivity contribution in [1.82, 2.24) is 10.1 Å². The fourth-order valence-electron chi connectivity index (χ4n) is 1.99. The fraction of sp³-hybridized carbons (Fsp3) is 0.286. The smallest absolute Gasteiger partial charge is 0.266 e. The Balaban J connectivity index is 1.81. The molecule has 5 heteroatoms. The van der Waals surface area contributed by atoms with Crippen LogP contribution >= 0.6 is 0 Å². The third-order valence-electron chi connectivity index (χ3n) is 3.10. The van der Waals surface area contributed by atoms with Crippen LogP contribution in [0.1, 0.15) is 5.56 Å². The summed E-state index contributed by atoms with van der Waals surface area (Å²) in [4.78, 5) is 6.49. The largest absolute Gasteiger partial charge is 0.378 e. The normalized spacial score (nSPS) is 15.5. The highest BCUT2D eigenvalue weighted by Gasteiger charge is 2.17. The first-order valence-corrected chi connectivity index (χ1v) is 6.26. The second kappa shape index (κ2) is 5.24. The molecule has 0 unspecified atom stereocenters. The van der Waals surface area contributed by atoms with E-state index in [4.69, 9.17) is 9.26 Å². The van der Waals surface area contributed by atoms with Crippen LogP contribution in [0.2, 0.25) is 0 Å². The van der Waals surface area contributed by atoms with Gasteiger partial charge in [-0.1, -0.05) is 24.8 Å². The molecule has 98 valence electrons. The van der Waals surface area contributed by atoms with E-state index in [9.17, 15) is 0 Å². The maximum atomic E-state index is 5.31. The molecule has 0 atom stereocenters. The third-order valence-corrected chi connectivity index (χ3v) is 3.10. The van der Waals surface area contributed by atoms with Crippen molar-refractivity contribution in [3.63, 3.8) is 0 Å². The Hall–Kier alpha value is -2.14. The van der Waals surface area contributed by atoms with E-state index in [1.807, 2.05) is 24.3 Å². The maximum absolute atomic E-state index is 5.31. The standard InChI is InChI=1S/C14H15N3O2/c1-2-11-3-5-12(6-4-11)13-15-14(16-19-13)17-7-9-18-10-8-17/h2-6H,1,7-10H2. The van der Waals surface area contributed by atoms with Crippen LogP contribution in [0.25, 0.3) is 17.5 Å². The molecule has 0 radical (unpaired) electrons. The van der Waals surface area contributed by atoms with Gasteiger partial charge in [-0.25, -0.2) is 0 Å². The zero-order valence-corrected chi connectivity index (χ0v) is 10.6. The first kappa shape index (κ1) is 11.9. The lowest BCUT2D eigenvalue weighted by atomic mass is 10.1. The predicted octanol–water partition coefficient (Wildman–Crippen LogP) is 2.22. The van der Waals surface area contributed by atoms with Gasteiger partial charge in [0.15, 0.2) is 0 Å². The summed E-state index contributed by atoms with van der Waals surface area (Å²) >= 11 is 0. The monoisotopic (exact) mass is 257 g/mol. The third kappa shape index (κ3) is 2.51. The van der Waals surface area contributed by atoms with Crippen molar-refractivity contribution in [3.05, 3.63) is 36.4 Å². The molecule has 1 aliphatic rings. The van der Waals surface area contributed by atoms with Crippen LogP contribution < -0.4 is 4.90 Å². The van der Waals surface area contributed by atoms with Crippen LogP contribution in [0.3, 0.4) is 0 Å². The number of benzene rings is 1. The van der Waals surface area contributed by atoms with E-state index in [0.29, 0.717) is 25.1 Å². The molecule has 3 rings (SSSR count). The molecule has 1 aliphatic heterocycles. The lowest BCUT2D eigenvalue weighted by Gasteiger charge is -2.24. The Kier molecular flexibility index (Phi) is 3.29. The van der Waals surface area contributed by atoms with Gasteiger partial charge in [-0.3, -0.25) is 0 Å². The van der Waals surface area contributed by atoms with Crippen LogP contribution in [0.5, 0.6) is 0 Å². The minimum Gasteiger partial charge on any atom is -0.378 e. The molecule has 0 saturated carbocycles. The number of anilines is 1. The van der Waals surface area contributed by atoms with E-state index in [1.165, 1.54) is 0 Å². The summed E-state index contributed by atoms with van der Waals surface area (Å²) in [5.74, 6) is 1.17. The van der Waals surface area contributed by atoms with Gasteiger partial charge >= 0.3 is 0 Å². The summed E-state index contributed by atoms with van der Waals surface area (Å²) in [7, 11) is 0. The van der Waals surface area contributed by atoms with Crippen LogP contribution in [-0.2, 0) is 4.74 Å². The minimum atomic E-state index is 0.539. The van der Waals surface area contributed by atoms with E-state index in [-0.39, 0.29) is 0 Å². The van der Waals surface area contributed by atoms with Gasteiger partial charge in [-0.05, 0) is 22.9 Å². The number of nitrogens with zero attached hydrogens (tertiary/aromatic N) is 3. The van der Waals surface area contributed by atoms with Gasteiger partial charge in [0.2, 0.25) is 0 Å². The Morgan fingerprint density at radius 3 is 2.58 bits per heavy atom. The van der Waals surface area contributed by atoms with Crippen molar-refractivity contribution < 1.29 is 9.26 Å². The molecule has 19 heavy (non-hydrogen) atoms. The molecule has 2 aromatic rings. The van der Waals surface area contributed by atoms with Gasteiger partial charge < -0.3 is 14.2 Å². The summed E-state index contributed by atoms with van der Waals surface area (Å²) in [5.41, 5.74) is 1.98. The SMILES string of the molecule is C=Cc1ccc(-c2nc(N3CCOCC3)no2)cc1. The summed E-state index contributed by atoms with van der Waals surface area (Å²) in [6.45, 7) is 6.74. The van der Waals surface area contributed by atoms with Crippen LogP contribution in [-0.4, -0.2) is 36.4 Å². The first-order chi connectivity index (χ1) is 9.36.